The molecule has 0 radical (unpaired) electrons. The van der Waals surface area contributed by atoms with Gasteiger partial charge in [-0.15, -0.1) is 11.3 Å². The fourth-order valence-electron chi connectivity index (χ4n) is 2.75. The van der Waals surface area contributed by atoms with Gasteiger partial charge in [0.05, 0.1) is 13.7 Å². The van der Waals surface area contributed by atoms with Gasteiger partial charge in [0.25, 0.3) is 0 Å². The number of piperidine rings is 1. The monoisotopic (exact) mass is 357 g/mol. The zero-order valence-electron chi connectivity index (χ0n) is 13.9. The van der Waals surface area contributed by atoms with E-state index in [1.54, 1.807) is 0 Å². The van der Waals surface area contributed by atoms with Gasteiger partial charge < -0.3 is 24.8 Å². The van der Waals surface area contributed by atoms with Crippen molar-refractivity contribution in [2.45, 2.75) is 25.9 Å². The highest BCUT2D eigenvalue weighted by Gasteiger charge is 2.32. The molecule has 1 saturated heterocycles. The van der Waals surface area contributed by atoms with Crippen LogP contribution in [0.2, 0.25) is 0 Å². The Kier molecular flexibility index (Phi) is 6.80. The molecule has 1 aromatic rings. The average molecular weight is 357 g/mol. The maximum atomic E-state index is 11.2. The second-order valence-electron chi connectivity index (χ2n) is 5.67. The predicted octanol–water partition coefficient (Wildman–Crippen LogP) is 2.26. The summed E-state index contributed by atoms with van der Waals surface area (Å²) in [5, 5.41) is 14.6. The van der Waals surface area contributed by atoms with Gasteiger partial charge in [0.15, 0.2) is 0 Å². The molecule has 2 amide bonds. The summed E-state index contributed by atoms with van der Waals surface area (Å²) < 4.78 is 10.5. The third-order valence-corrected chi connectivity index (χ3v) is 4.91. The van der Waals surface area contributed by atoms with Gasteiger partial charge in [-0.1, -0.05) is 0 Å². The van der Waals surface area contributed by atoms with Crippen LogP contribution >= 0.6 is 11.3 Å². The third-order valence-electron chi connectivity index (χ3n) is 3.89. The highest BCUT2D eigenvalue weighted by atomic mass is 32.1. The van der Waals surface area contributed by atoms with Crippen molar-refractivity contribution >= 4 is 23.5 Å². The number of aromatic nitrogens is 1. The molecular formula is C15H23N3O5S. The number of alkyl carbamates (subject to hydrolysis) is 1. The van der Waals surface area contributed by atoms with Crippen LogP contribution in [0.15, 0.2) is 5.38 Å². The van der Waals surface area contributed by atoms with Crippen molar-refractivity contribution in [1.29, 1.82) is 0 Å². The van der Waals surface area contributed by atoms with E-state index in [1.807, 2.05) is 12.3 Å². The number of hydrogen-bond donors (Lipinski definition) is 2. The standard InChI is InChI=1S/C15H23N3O5S/c1-10-9-24-13(17-10)12(23-7-5-16-14(19)22-2)11-4-3-6-18(8-11)15(20)21/h9,11-12H,3-8H2,1-2H3,(H,16,19)(H,20,21). The molecule has 9 heteroatoms. The van der Waals surface area contributed by atoms with E-state index in [0.29, 0.717) is 26.2 Å². The van der Waals surface area contributed by atoms with E-state index in [4.69, 9.17) is 4.74 Å². The molecule has 8 nitrogen and oxygen atoms in total. The van der Waals surface area contributed by atoms with Crippen LogP contribution in [0.5, 0.6) is 0 Å². The summed E-state index contributed by atoms with van der Waals surface area (Å²) in [7, 11) is 1.31. The summed E-state index contributed by atoms with van der Waals surface area (Å²) in [5.41, 5.74) is 0.919. The van der Waals surface area contributed by atoms with E-state index in [0.717, 1.165) is 23.5 Å². The molecule has 1 aliphatic heterocycles. The Bertz CT molecular complexity index is 565. The van der Waals surface area contributed by atoms with Crippen LogP contribution in [0.3, 0.4) is 0 Å². The highest BCUT2D eigenvalue weighted by molar-refractivity contribution is 7.09. The third kappa shape index (κ3) is 5.07. The maximum Gasteiger partial charge on any atom is 0.407 e. The number of carbonyl (C=O) groups excluding carboxylic acids is 1. The number of carbonyl (C=O) groups is 2. The van der Waals surface area contributed by atoms with Crippen LogP contribution in [0, 0.1) is 12.8 Å². The van der Waals surface area contributed by atoms with Gasteiger partial charge in [-0.2, -0.15) is 0 Å². The van der Waals surface area contributed by atoms with Crippen molar-refractivity contribution in [3.8, 4) is 0 Å². The first-order valence-corrected chi connectivity index (χ1v) is 8.72. The molecule has 2 N–H and O–H groups in total. The lowest BCUT2D eigenvalue weighted by Gasteiger charge is -2.34. The van der Waals surface area contributed by atoms with E-state index in [2.05, 4.69) is 15.0 Å². The topological polar surface area (TPSA) is 101 Å². The van der Waals surface area contributed by atoms with Crippen molar-refractivity contribution in [2.24, 2.45) is 5.92 Å². The molecule has 0 bridgehead atoms. The molecule has 134 valence electrons. The molecule has 0 saturated carbocycles. The van der Waals surface area contributed by atoms with Gasteiger partial charge in [0, 0.05) is 36.6 Å². The first-order valence-electron chi connectivity index (χ1n) is 7.84. The van der Waals surface area contributed by atoms with Gasteiger partial charge in [0.2, 0.25) is 0 Å². The van der Waals surface area contributed by atoms with Crippen LogP contribution in [0.4, 0.5) is 9.59 Å². The molecule has 1 aromatic heterocycles. The molecule has 0 spiro atoms. The quantitative estimate of drug-likeness (QED) is 0.757. The van der Waals surface area contributed by atoms with Gasteiger partial charge in [-0.05, 0) is 19.8 Å². The molecule has 0 aliphatic carbocycles. The van der Waals surface area contributed by atoms with Crippen molar-refractivity contribution in [3.05, 3.63) is 16.1 Å². The first kappa shape index (κ1) is 18.5. The van der Waals surface area contributed by atoms with Crippen LogP contribution in [-0.2, 0) is 9.47 Å². The normalized spacial score (nSPS) is 18.9. The van der Waals surface area contributed by atoms with E-state index in [9.17, 15) is 14.7 Å². The molecule has 2 heterocycles. The van der Waals surface area contributed by atoms with Crippen LogP contribution in [0.25, 0.3) is 0 Å². The lowest BCUT2D eigenvalue weighted by Crippen LogP contribution is -2.41. The van der Waals surface area contributed by atoms with Crippen molar-refractivity contribution in [1.82, 2.24) is 15.2 Å². The maximum absolute atomic E-state index is 11.2. The average Bonchev–Trinajstić information content (AvgIpc) is 3.00. The van der Waals surface area contributed by atoms with Gasteiger partial charge in [-0.3, -0.25) is 0 Å². The number of carboxylic acid groups (broad SMARTS) is 1. The number of ether oxygens (including phenoxy) is 2. The van der Waals surface area contributed by atoms with E-state index in [-0.39, 0.29) is 12.0 Å². The van der Waals surface area contributed by atoms with Crippen molar-refractivity contribution in [3.63, 3.8) is 0 Å². The van der Waals surface area contributed by atoms with Crippen molar-refractivity contribution < 1.29 is 24.2 Å². The number of thiazole rings is 1. The number of methoxy groups -OCH3 is 1. The second-order valence-corrected chi connectivity index (χ2v) is 6.56. The summed E-state index contributed by atoms with van der Waals surface area (Å²) in [4.78, 5) is 28.3. The smallest absolute Gasteiger partial charge is 0.407 e. The number of nitrogens with zero attached hydrogens (tertiary/aromatic N) is 2. The summed E-state index contributed by atoms with van der Waals surface area (Å²) in [6.07, 6.45) is 0.0143. The Hall–Kier alpha value is -1.87. The van der Waals surface area contributed by atoms with E-state index >= 15 is 0 Å². The van der Waals surface area contributed by atoms with Gasteiger partial charge >= 0.3 is 12.2 Å². The molecule has 1 aliphatic rings. The first-order chi connectivity index (χ1) is 11.5. The molecule has 24 heavy (non-hydrogen) atoms. The Morgan fingerprint density at radius 2 is 2.38 bits per heavy atom. The summed E-state index contributed by atoms with van der Waals surface area (Å²) in [5.74, 6) is 0.0542. The number of amides is 2. The number of likely N-dealkylation sites (tertiary alicyclic amines) is 1. The molecule has 1 fully saturated rings. The minimum atomic E-state index is -0.902. The molecule has 0 aromatic carbocycles. The Morgan fingerprint density at radius 3 is 3.00 bits per heavy atom. The zero-order valence-corrected chi connectivity index (χ0v) is 14.7. The van der Waals surface area contributed by atoms with Crippen LogP contribution < -0.4 is 5.32 Å². The fourth-order valence-corrected chi connectivity index (χ4v) is 3.69. The summed E-state index contributed by atoms with van der Waals surface area (Å²) in [6, 6.07) is 0. The Balaban J connectivity index is 2.00. The molecular weight excluding hydrogens is 334 g/mol. The Labute approximate surface area is 144 Å². The lowest BCUT2D eigenvalue weighted by molar-refractivity contribution is -0.0118. The molecule has 2 rings (SSSR count). The fraction of sp³-hybridized carbons (Fsp3) is 0.667. The number of rotatable bonds is 6. The van der Waals surface area contributed by atoms with Crippen molar-refractivity contribution in [2.75, 3.05) is 33.4 Å². The number of hydrogen-bond acceptors (Lipinski definition) is 6. The van der Waals surface area contributed by atoms with Crippen LogP contribution in [-0.4, -0.2) is 60.5 Å². The van der Waals surface area contributed by atoms with E-state index in [1.165, 1.54) is 23.3 Å². The minimum absolute atomic E-state index is 0.0542. The van der Waals surface area contributed by atoms with Crippen LogP contribution in [0.1, 0.15) is 29.6 Å². The van der Waals surface area contributed by atoms with Gasteiger partial charge in [-0.25, -0.2) is 14.6 Å². The predicted molar refractivity (Wildman–Crippen MR) is 88.3 cm³/mol. The number of nitrogens with one attached hydrogen (secondary N) is 1. The SMILES string of the molecule is COC(=O)NCCOC(c1nc(C)cs1)C1CCCN(C(=O)O)C1. The molecule has 2 atom stereocenters. The largest absolute Gasteiger partial charge is 0.465 e. The Morgan fingerprint density at radius 1 is 1.58 bits per heavy atom. The zero-order chi connectivity index (χ0) is 17.5. The highest BCUT2D eigenvalue weighted by Crippen LogP contribution is 2.34. The molecule has 2 unspecified atom stereocenters. The minimum Gasteiger partial charge on any atom is -0.465 e. The summed E-state index contributed by atoms with van der Waals surface area (Å²) >= 11 is 1.52. The summed E-state index contributed by atoms with van der Waals surface area (Å²) in [6.45, 7) is 3.54. The van der Waals surface area contributed by atoms with Gasteiger partial charge in [0.1, 0.15) is 11.1 Å². The number of aryl methyl sites for hydroxylation is 1. The lowest BCUT2D eigenvalue weighted by atomic mass is 9.92. The van der Waals surface area contributed by atoms with E-state index < -0.39 is 12.2 Å². The second kappa shape index (κ2) is 8.84.